The van der Waals surface area contributed by atoms with Crippen molar-refractivity contribution < 1.29 is 13.5 Å². The Morgan fingerprint density at radius 3 is 2.55 bits per heavy atom. The second-order valence-electron chi connectivity index (χ2n) is 6.33. The Labute approximate surface area is 177 Å². The number of ether oxygens (including phenoxy) is 1. The Morgan fingerprint density at radius 1 is 1.31 bits per heavy atom. The zero-order valence-corrected chi connectivity index (χ0v) is 18.0. The van der Waals surface area contributed by atoms with Crippen LogP contribution in [0.1, 0.15) is 41.5 Å². The van der Waals surface area contributed by atoms with Gasteiger partial charge in [-0.25, -0.2) is 19.3 Å². The van der Waals surface area contributed by atoms with Gasteiger partial charge in [0.05, 0.1) is 18.0 Å². The van der Waals surface area contributed by atoms with Crippen molar-refractivity contribution in [3.63, 3.8) is 0 Å². The number of nitrogens with one attached hydrogen (secondary N) is 1. The highest BCUT2D eigenvalue weighted by atomic mass is 35.5. The van der Waals surface area contributed by atoms with Gasteiger partial charge in [-0.3, -0.25) is 0 Å². The molecule has 2 unspecified atom stereocenters. The molecule has 3 N–H and O–H groups in total. The maximum atomic E-state index is 14.0. The first kappa shape index (κ1) is 22.9. The van der Waals surface area contributed by atoms with Gasteiger partial charge < -0.3 is 14.9 Å². The molecule has 10 heteroatoms. The predicted molar refractivity (Wildman–Crippen MR) is 111 cm³/mol. The van der Waals surface area contributed by atoms with E-state index in [2.05, 4.69) is 27.8 Å². The van der Waals surface area contributed by atoms with E-state index >= 15 is 0 Å². The van der Waals surface area contributed by atoms with Crippen LogP contribution in [-0.4, -0.2) is 22.3 Å². The number of hydrogen-bond acceptors (Lipinski definition) is 7. The molecular weight excluding hydrogens is 419 g/mol. The molecule has 3 aromatic rings. The van der Waals surface area contributed by atoms with Crippen molar-refractivity contribution in [1.82, 2.24) is 15.2 Å². The van der Waals surface area contributed by atoms with Gasteiger partial charge in [0.1, 0.15) is 11.0 Å². The average molecular weight is 441 g/mol. The summed E-state index contributed by atoms with van der Waals surface area (Å²) in [7, 11) is 1.53. The number of aryl methyl sites for hydroxylation is 1. The van der Waals surface area contributed by atoms with E-state index in [1.54, 1.807) is 25.1 Å². The topological polar surface area (TPSA) is 107 Å². The summed E-state index contributed by atoms with van der Waals surface area (Å²) in [5, 5.41) is 6.25. The van der Waals surface area contributed by atoms with Crippen molar-refractivity contribution in [3.05, 3.63) is 68.4 Å². The van der Waals surface area contributed by atoms with E-state index in [0.717, 1.165) is 11.1 Å². The third-order valence-electron chi connectivity index (χ3n) is 4.47. The number of methoxy groups -OCH3 is 1. The van der Waals surface area contributed by atoms with Gasteiger partial charge in [0.25, 0.3) is 0 Å². The van der Waals surface area contributed by atoms with Gasteiger partial charge in [-0.1, -0.05) is 24.6 Å². The summed E-state index contributed by atoms with van der Waals surface area (Å²) in [5.74, 6) is -0.803. The molecule has 0 aliphatic carbocycles. The SMILES string of the molecule is COc1nc(Cl)ccc1S.Cc1ccc(F)c(C(C)C(N)c2n[nH]c(=O)o2)c1C. The standard InChI is InChI=1S/C13H16FN3O2.C6H6ClNOS/c1-6-4-5-9(14)10(7(6)2)8(3)11(15)12-16-17-13(18)19-12;1-9-6-4(10)2-3-5(7)8-6/h4-5,8,11H,15H2,1-3H3,(H,17,18);2-3,10H,1H3. The summed E-state index contributed by atoms with van der Waals surface area (Å²) in [6.45, 7) is 5.53. The van der Waals surface area contributed by atoms with Crippen molar-refractivity contribution in [3.8, 4) is 5.88 Å². The first-order valence-electron chi connectivity index (χ1n) is 8.61. The first-order valence-corrected chi connectivity index (χ1v) is 9.44. The normalized spacial score (nSPS) is 12.7. The van der Waals surface area contributed by atoms with Gasteiger partial charge in [-0.2, -0.15) is 0 Å². The summed E-state index contributed by atoms with van der Waals surface area (Å²) >= 11 is 9.65. The van der Waals surface area contributed by atoms with Crippen LogP contribution in [0.2, 0.25) is 5.15 Å². The lowest BCUT2D eigenvalue weighted by Crippen LogP contribution is -2.20. The highest BCUT2D eigenvalue weighted by molar-refractivity contribution is 7.80. The van der Waals surface area contributed by atoms with Crippen LogP contribution >= 0.6 is 24.2 Å². The van der Waals surface area contributed by atoms with Crippen molar-refractivity contribution in [2.45, 2.75) is 37.6 Å². The number of H-pyrrole nitrogens is 1. The van der Waals surface area contributed by atoms with E-state index in [9.17, 15) is 9.18 Å². The van der Waals surface area contributed by atoms with Gasteiger partial charge in [0.15, 0.2) is 0 Å². The number of hydrogen-bond donors (Lipinski definition) is 3. The van der Waals surface area contributed by atoms with Crippen molar-refractivity contribution in [2.24, 2.45) is 5.73 Å². The number of nitrogens with zero attached hydrogens (tertiary/aromatic N) is 2. The molecule has 3 rings (SSSR count). The molecule has 0 aliphatic rings. The van der Waals surface area contributed by atoms with Crippen LogP contribution in [0.15, 0.2) is 38.4 Å². The Hall–Kier alpha value is -2.36. The van der Waals surface area contributed by atoms with Crippen LogP contribution in [0.3, 0.4) is 0 Å². The zero-order valence-electron chi connectivity index (χ0n) is 16.4. The average Bonchev–Trinajstić information content (AvgIpc) is 3.13. The number of pyridine rings is 1. The lowest BCUT2D eigenvalue weighted by Gasteiger charge is -2.20. The molecule has 2 aromatic heterocycles. The molecule has 2 atom stereocenters. The van der Waals surface area contributed by atoms with E-state index < -0.39 is 11.8 Å². The summed E-state index contributed by atoms with van der Waals surface area (Å²) in [6.07, 6.45) is 0. The van der Waals surface area contributed by atoms with Crippen LogP contribution in [0.4, 0.5) is 4.39 Å². The summed E-state index contributed by atoms with van der Waals surface area (Å²) in [4.78, 5) is 15.5. The molecule has 156 valence electrons. The van der Waals surface area contributed by atoms with Crippen LogP contribution < -0.4 is 16.2 Å². The fourth-order valence-corrected chi connectivity index (χ4v) is 3.06. The number of nitrogens with two attached hydrogens (primary N) is 1. The second kappa shape index (κ2) is 9.91. The summed E-state index contributed by atoms with van der Waals surface area (Å²) < 4.78 is 23.7. The molecule has 0 amide bonds. The molecule has 0 saturated heterocycles. The second-order valence-corrected chi connectivity index (χ2v) is 7.20. The third kappa shape index (κ3) is 5.59. The van der Waals surface area contributed by atoms with Crippen LogP contribution in [0.5, 0.6) is 5.88 Å². The van der Waals surface area contributed by atoms with Gasteiger partial charge >= 0.3 is 5.76 Å². The molecule has 0 saturated carbocycles. The van der Waals surface area contributed by atoms with Crippen LogP contribution in [0, 0.1) is 19.7 Å². The number of halogens is 2. The molecule has 0 bridgehead atoms. The number of benzene rings is 1. The van der Waals surface area contributed by atoms with E-state index in [1.807, 2.05) is 13.8 Å². The molecule has 2 heterocycles. The minimum Gasteiger partial charge on any atom is -0.480 e. The minimum absolute atomic E-state index is 0.0813. The first-order chi connectivity index (χ1) is 13.6. The monoisotopic (exact) mass is 440 g/mol. The van der Waals surface area contributed by atoms with E-state index in [0.29, 0.717) is 21.5 Å². The lowest BCUT2D eigenvalue weighted by atomic mass is 9.88. The van der Waals surface area contributed by atoms with E-state index in [1.165, 1.54) is 13.2 Å². The zero-order chi connectivity index (χ0) is 21.7. The Kier molecular flexibility index (Phi) is 7.83. The molecule has 0 fully saturated rings. The maximum absolute atomic E-state index is 14.0. The van der Waals surface area contributed by atoms with Crippen molar-refractivity contribution >= 4 is 24.2 Å². The number of thiol groups is 1. The molecule has 0 spiro atoms. The Bertz CT molecular complexity index is 1040. The Morgan fingerprint density at radius 2 is 2.00 bits per heavy atom. The minimum atomic E-state index is -0.686. The highest BCUT2D eigenvalue weighted by Gasteiger charge is 2.25. The Balaban J connectivity index is 0.000000253. The van der Waals surface area contributed by atoms with Gasteiger partial charge in [-0.05, 0) is 48.7 Å². The smallest absolute Gasteiger partial charge is 0.434 e. The number of aromatic amines is 1. The largest absolute Gasteiger partial charge is 0.480 e. The predicted octanol–water partition coefficient (Wildman–Crippen LogP) is 3.95. The van der Waals surface area contributed by atoms with Crippen molar-refractivity contribution in [2.75, 3.05) is 7.11 Å². The number of rotatable bonds is 4. The molecule has 29 heavy (non-hydrogen) atoms. The quantitative estimate of drug-likeness (QED) is 0.418. The molecule has 0 aliphatic heterocycles. The van der Waals surface area contributed by atoms with Crippen LogP contribution in [-0.2, 0) is 0 Å². The maximum Gasteiger partial charge on any atom is 0.434 e. The summed E-state index contributed by atoms with van der Waals surface area (Å²) in [6, 6.07) is 5.85. The number of aromatic nitrogens is 3. The third-order valence-corrected chi connectivity index (χ3v) is 5.02. The van der Waals surface area contributed by atoms with Gasteiger partial charge in [-0.15, -0.1) is 17.7 Å². The molecule has 7 nitrogen and oxygen atoms in total. The van der Waals surface area contributed by atoms with E-state index in [-0.39, 0.29) is 17.6 Å². The summed E-state index contributed by atoms with van der Waals surface area (Å²) in [5.41, 5.74) is 8.35. The highest BCUT2D eigenvalue weighted by Crippen LogP contribution is 2.32. The fraction of sp³-hybridized carbons (Fsp3) is 0.316. The van der Waals surface area contributed by atoms with Gasteiger partial charge in [0, 0.05) is 5.92 Å². The molecule has 0 radical (unpaired) electrons. The molecule has 1 aromatic carbocycles. The fourth-order valence-electron chi connectivity index (χ4n) is 2.70. The lowest BCUT2D eigenvalue weighted by molar-refractivity contribution is 0.387. The van der Waals surface area contributed by atoms with Crippen LogP contribution in [0.25, 0.3) is 0 Å². The molecular formula is C19H22ClFN4O3S. The van der Waals surface area contributed by atoms with Gasteiger partial charge in [0.2, 0.25) is 11.8 Å². The van der Waals surface area contributed by atoms with E-state index in [4.69, 9.17) is 26.5 Å². The van der Waals surface area contributed by atoms with Crippen molar-refractivity contribution in [1.29, 1.82) is 0 Å².